The Morgan fingerprint density at radius 2 is 1.79 bits per heavy atom. The molecule has 0 atom stereocenters. The Morgan fingerprint density at radius 1 is 1.03 bits per heavy atom. The summed E-state index contributed by atoms with van der Waals surface area (Å²) in [4.78, 5) is 12.5. The number of anilines is 1. The molecule has 29 heavy (non-hydrogen) atoms. The number of hydrogen-bond donors (Lipinski definition) is 1. The molecule has 0 aliphatic heterocycles. The van der Waals surface area contributed by atoms with Crippen LogP contribution >= 0.6 is 0 Å². The van der Waals surface area contributed by atoms with Gasteiger partial charge in [0, 0.05) is 12.8 Å². The molecule has 0 fully saturated rings. The van der Waals surface area contributed by atoms with Crippen LogP contribution in [0.4, 0.5) is 10.3 Å². The van der Waals surface area contributed by atoms with Gasteiger partial charge in [0.1, 0.15) is 11.6 Å². The SMILES string of the molecule is Cc1cc(C)c(F)c(CC(=O)Cc2ccc(-c3cccc4nnc(N)n34)cc2)c1. The van der Waals surface area contributed by atoms with E-state index in [9.17, 15) is 9.18 Å². The predicted molar refractivity (Wildman–Crippen MR) is 111 cm³/mol. The second-order valence-corrected chi connectivity index (χ2v) is 7.31. The molecule has 5 nitrogen and oxygen atoms in total. The van der Waals surface area contributed by atoms with Crippen LogP contribution < -0.4 is 5.73 Å². The van der Waals surface area contributed by atoms with Crippen LogP contribution in [0.3, 0.4) is 0 Å². The van der Waals surface area contributed by atoms with Crippen LogP contribution in [0.15, 0.2) is 54.6 Å². The maximum absolute atomic E-state index is 14.3. The summed E-state index contributed by atoms with van der Waals surface area (Å²) in [5.74, 6) is 0.0102. The molecule has 2 heterocycles. The summed E-state index contributed by atoms with van der Waals surface area (Å²) >= 11 is 0. The van der Waals surface area contributed by atoms with E-state index < -0.39 is 0 Å². The van der Waals surface area contributed by atoms with Gasteiger partial charge in [-0.2, -0.15) is 0 Å². The lowest BCUT2D eigenvalue weighted by molar-refractivity contribution is -0.117. The highest BCUT2D eigenvalue weighted by Crippen LogP contribution is 2.23. The van der Waals surface area contributed by atoms with Crippen molar-refractivity contribution in [3.05, 3.63) is 82.7 Å². The van der Waals surface area contributed by atoms with Gasteiger partial charge in [0.15, 0.2) is 5.65 Å². The fourth-order valence-electron chi connectivity index (χ4n) is 3.65. The average molecular weight is 388 g/mol. The molecule has 0 saturated carbocycles. The van der Waals surface area contributed by atoms with Crippen LogP contribution in [0.5, 0.6) is 0 Å². The molecule has 0 aliphatic carbocycles. The largest absolute Gasteiger partial charge is 0.368 e. The van der Waals surface area contributed by atoms with Crippen molar-refractivity contribution < 1.29 is 9.18 Å². The number of carbonyl (C=O) groups is 1. The molecule has 0 aliphatic rings. The summed E-state index contributed by atoms with van der Waals surface area (Å²) in [6.07, 6.45) is 0.346. The lowest BCUT2D eigenvalue weighted by atomic mass is 9.98. The minimum absolute atomic E-state index is 0.0215. The van der Waals surface area contributed by atoms with Crippen molar-refractivity contribution in [1.82, 2.24) is 14.6 Å². The highest BCUT2D eigenvalue weighted by Gasteiger charge is 2.13. The number of halogens is 1. The number of ketones is 1. The number of carbonyl (C=O) groups excluding carboxylic acids is 1. The van der Waals surface area contributed by atoms with Crippen molar-refractivity contribution in [2.75, 3.05) is 5.73 Å². The van der Waals surface area contributed by atoms with E-state index in [1.54, 1.807) is 23.5 Å². The third kappa shape index (κ3) is 3.74. The highest BCUT2D eigenvalue weighted by molar-refractivity contribution is 5.83. The number of nitrogen functional groups attached to an aromatic ring is 1. The zero-order valence-electron chi connectivity index (χ0n) is 16.3. The highest BCUT2D eigenvalue weighted by atomic mass is 19.1. The number of fused-ring (bicyclic) bond motifs is 1. The third-order valence-electron chi connectivity index (χ3n) is 4.97. The molecule has 0 spiro atoms. The van der Waals surface area contributed by atoms with Crippen molar-refractivity contribution in [2.45, 2.75) is 26.7 Å². The predicted octanol–water partition coefficient (Wildman–Crippen LogP) is 4.09. The van der Waals surface area contributed by atoms with Crippen LogP contribution in [-0.2, 0) is 17.6 Å². The lowest BCUT2D eigenvalue weighted by Gasteiger charge is -2.09. The molecule has 6 heteroatoms. The first kappa shape index (κ1) is 18.8. The number of benzene rings is 2. The Bertz CT molecular complexity index is 1210. The zero-order valence-corrected chi connectivity index (χ0v) is 16.3. The van der Waals surface area contributed by atoms with E-state index in [1.165, 1.54) is 0 Å². The maximum atomic E-state index is 14.3. The molecule has 0 unspecified atom stereocenters. The van der Waals surface area contributed by atoms with Crippen LogP contribution in [0.25, 0.3) is 16.9 Å². The Balaban J connectivity index is 1.53. The van der Waals surface area contributed by atoms with Crippen LogP contribution in [0, 0.1) is 19.7 Å². The van der Waals surface area contributed by atoms with Gasteiger partial charge in [-0.25, -0.2) is 4.39 Å². The van der Waals surface area contributed by atoms with E-state index in [1.807, 2.05) is 49.4 Å². The zero-order chi connectivity index (χ0) is 20.5. The molecule has 0 radical (unpaired) electrons. The molecule has 0 amide bonds. The number of aryl methyl sites for hydroxylation is 2. The van der Waals surface area contributed by atoms with Gasteiger partial charge in [-0.05, 0) is 48.2 Å². The quantitative estimate of drug-likeness (QED) is 0.559. The third-order valence-corrected chi connectivity index (χ3v) is 4.97. The molecule has 4 aromatic rings. The summed E-state index contributed by atoms with van der Waals surface area (Å²) < 4.78 is 16.1. The van der Waals surface area contributed by atoms with Crippen molar-refractivity contribution in [1.29, 1.82) is 0 Å². The molecular weight excluding hydrogens is 367 g/mol. The van der Waals surface area contributed by atoms with Gasteiger partial charge in [-0.15, -0.1) is 10.2 Å². The average Bonchev–Trinajstić information content (AvgIpc) is 3.07. The fourth-order valence-corrected chi connectivity index (χ4v) is 3.65. The summed E-state index contributed by atoms with van der Waals surface area (Å²) in [6, 6.07) is 16.9. The van der Waals surface area contributed by atoms with E-state index in [-0.39, 0.29) is 24.4 Å². The van der Waals surface area contributed by atoms with Gasteiger partial charge in [0.2, 0.25) is 5.95 Å². The van der Waals surface area contributed by atoms with Gasteiger partial charge >= 0.3 is 0 Å². The molecular formula is C23H21FN4O. The van der Waals surface area contributed by atoms with Crippen molar-refractivity contribution in [3.8, 4) is 11.3 Å². The summed E-state index contributed by atoms with van der Waals surface area (Å²) in [6.45, 7) is 3.63. The van der Waals surface area contributed by atoms with Gasteiger partial charge in [0.05, 0.1) is 5.69 Å². The Morgan fingerprint density at radius 3 is 2.55 bits per heavy atom. The number of Topliss-reactive ketones (excluding diaryl/α,β-unsaturated/α-hetero) is 1. The van der Waals surface area contributed by atoms with Crippen molar-refractivity contribution in [2.24, 2.45) is 0 Å². The van der Waals surface area contributed by atoms with E-state index in [0.717, 1.165) is 22.4 Å². The molecule has 2 aromatic carbocycles. The van der Waals surface area contributed by atoms with Crippen LogP contribution in [0.2, 0.25) is 0 Å². The van der Waals surface area contributed by atoms with Crippen molar-refractivity contribution >= 4 is 17.4 Å². The normalized spacial score (nSPS) is 11.1. The smallest absolute Gasteiger partial charge is 0.226 e. The maximum Gasteiger partial charge on any atom is 0.226 e. The minimum atomic E-state index is -0.293. The molecule has 0 bridgehead atoms. The first-order valence-corrected chi connectivity index (χ1v) is 9.38. The second-order valence-electron chi connectivity index (χ2n) is 7.31. The van der Waals surface area contributed by atoms with E-state index in [4.69, 9.17) is 5.73 Å². The van der Waals surface area contributed by atoms with Gasteiger partial charge in [-0.3, -0.25) is 9.20 Å². The number of hydrogen-bond acceptors (Lipinski definition) is 4. The van der Waals surface area contributed by atoms with E-state index >= 15 is 0 Å². The number of nitrogens with two attached hydrogens (primary N) is 1. The molecule has 2 aromatic heterocycles. The van der Waals surface area contributed by atoms with E-state index in [0.29, 0.717) is 22.7 Å². The van der Waals surface area contributed by atoms with Crippen LogP contribution in [-0.4, -0.2) is 20.4 Å². The fraction of sp³-hybridized carbons (Fsp3) is 0.174. The topological polar surface area (TPSA) is 73.3 Å². The van der Waals surface area contributed by atoms with Gasteiger partial charge < -0.3 is 5.73 Å². The number of rotatable bonds is 5. The number of aromatic nitrogens is 3. The molecule has 0 saturated heterocycles. The molecule has 4 rings (SSSR count). The Kier molecular flexibility index (Phi) is 4.84. The van der Waals surface area contributed by atoms with Gasteiger partial charge in [-0.1, -0.05) is 48.0 Å². The lowest BCUT2D eigenvalue weighted by Crippen LogP contribution is -2.09. The first-order chi connectivity index (χ1) is 13.9. The standard InChI is InChI=1S/C23H21FN4O/c1-14-10-15(2)22(24)18(11-14)13-19(29)12-16-6-8-17(9-7-16)20-4-3-5-21-26-27-23(25)28(20)21/h3-11H,12-13H2,1-2H3,(H2,25,27). The van der Waals surface area contributed by atoms with E-state index in [2.05, 4.69) is 10.2 Å². The number of nitrogens with zero attached hydrogens (tertiary/aromatic N) is 3. The van der Waals surface area contributed by atoms with Crippen molar-refractivity contribution in [3.63, 3.8) is 0 Å². The Labute approximate surface area is 168 Å². The summed E-state index contributed by atoms with van der Waals surface area (Å²) in [7, 11) is 0. The monoisotopic (exact) mass is 388 g/mol. The second kappa shape index (κ2) is 7.47. The summed E-state index contributed by atoms with van der Waals surface area (Å²) in [5.41, 5.74) is 11.3. The molecule has 2 N–H and O–H groups in total. The Hall–Kier alpha value is -3.54. The van der Waals surface area contributed by atoms with Crippen LogP contribution in [0.1, 0.15) is 22.3 Å². The molecule has 146 valence electrons. The first-order valence-electron chi connectivity index (χ1n) is 9.38. The summed E-state index contributed by atoms with van der Waals surface area (Å²) in [5, 5.41) is 7.95. The van der Waals surface area contributed by atoms with Gasteiger partial charge in [0.25, 0.3) is 0 Å². The minimum Gasteiger partial charge on any atom is -0.368 e. The number of pyridine rings is 1.